The smallest absolute Gasteiger partial charge is 0.125 e. The molecule has 1 aromatic rings. The zero-order chi connectivity index (χ0) is 14.0. The number of halogens is 2. The van der Waals surface area contributed by atoms with Crippen molar-refractivity contribution in [2.75, 3.05) is 6.67 Å². The maximum Gasteiger partial charge on any atom is 0.125 e. The van der Waals surface area contributed by atoms with Crippen LogP contribution in [0.2, 0.25) is 0 Å². The SMILES string of the molecule is C=C/C=C(\C(=C)F)C1(CF)Cn2cncc2C(=S)N1. The van der Waals surface area contributed by atoms with E-state index >= 15 is 0 Å². The van der Waals surface area contributed by atoms with Gasteiger partial charge in [-0.15, -0.1) is 0 Å². The topological polar surface area (TPSA) is 29.9 Å². The van der Waals surface area contributed by atoms with Crippen LogP contribution in [0.3, 0.4) is 0 Å². The van der Waals surface area contributed by atoms with Crippen molar-refractivity contribution in [2.45, 2.75) is 12.1 Å². The van der Waals surface area contributed by atoms with Gasteiger partial charge in [0.2, 0.25) is 0 Å². The first-order valence-corrected chi connectivity index (χ1v) is 6.01. The second kappa shape index (κ2) is 5.05. The van der Waals surface area contributed by atoms with E-state index in [4.69, 9.17) is 12.2 Å². The Bertz CT molecular complexity index is 576. The molecule has 0 radical (unpaired) electrons. The summed E-state index contributed by atoms with van der Waals surface area (Å²) in [5.74, 6) is -0.712. The first-order valence-electron chi connectivity index (χ1n) is 5.60. The van der Waals surface area contributed by atoms with Crippen LogP contribution in [0.5, 0.6) is 0 Å². The van der Waals surface area contributed by atoms with Gasteiger partial charge in [0.05, 0.1) is 24.8 Å². The Morgan fingerprint density at radius 2 is 2.42 bits per heavy atom. The van der Waals surface area contributed by atoms with Gasteiger partial charge in [0.1, 0.15) is 23.0 Å². The van der Waals surface area contributed by atoms with Crippen molar-refractivity contribution in [1.29, 1.82) is 0 Å². The Balaban J connectivity index is 2.51. The molecule has 2 heterocycles. The second-order valence-corrected chi connectivity index (χ2v) is 4.71. The normalized spacial score (nSPS) is 22.6. The zero-order valence-electron chi connectivity index (χ0n) is 10.2. The summed E-state index contributed by atoms with van der Waals surface area (Å²) in [6.07, 6.45) is 5.92. The highest BCUT2D eigenvalue weighted by Crippen LogP contribution is 2.30. The Labute approximate surface area is 115 Å². The number of hydrogen-bond acceptors (Lipinski definition) is 2. The van der Waals surface area contributed by atoms with Crippen LogP contribution < -0.4 is 5.32 Å². The van der Waals surface area contributed by atoms with Crippen LogP contribution in [0, 0.1) is 0 Å². The molecule has 0 amide bonds. The van der Waals surface area contributed by atoms with E-state index in [1.54, 1.807) is 17.1 Å². The third kappa shape index (κ3) is 2.23. The molecule has 1 N–H and O–H groups in total. The number of thiocarbonyl (C=S) groups is 1. The van der Waals surface area contributed by atoms with E-state index in [1.807, 2.05) is 0 Å². The van der Waals surface area contributed by atoms with Crippen molar-refractivity contribution in [3.05, 3.63) is 54.9 Å². The molecule has 0 bridgehead atoms. The molecule has 0 saturated heterocycles. The lowest BCUT2D eigenvalue weighted by Crippen LogP contribution is -2.58. The van der Waals surface area contributed by atoms with Crippen LogP contribution in [0.25, 0.3) is 0 Å². The quantitative estimate of drug-likeness (QED) is 0.679. The molecule has 6 heteroatoms. The van der Waals surface area contributed by atoms with E-state index in [1.165, 1.54) is 12.2 Å². The van der Waals surface area contributed by atoms with Gasteiger partial charge in [-0.3, -0.25) is 0 Å². The number of imidazole rings is 1. The van der Waals surface area contributed by atoms with E-state index in [0.29, 0.717) is 10.7 Å². The van der Waals surface area contributed by atoms with Gasteiger partial charge < -0.3 is 9.88 Å². The van der Waals surface area contributed by atoms with Gasteiger partial charge in [0, 0.05) is 5.57 Å². The molecule has 1 aliphatic rings. The number of aromatic nitrogens is 2. The van der Waals surface area contributed by atoms with Crippen LogP contribution in [0.4, 0.5) is 8.78 Å². The number of hydrogen-bond donors (Lipinski definition) is 1. The number of allylic oxidation sites excluding steroid dienone is 2. The molecule has 100 valence electrons. The van der Waals surface area contributed by atoms with Crippen molar-refractivity contribution >= 4 is 17.2 Å². The Hall–Kier alpha value is -1.82. The van der Waals surface area contributed by atoms with Crippen LogP contribution >= 0.6 is 12.2 Å². The molecule has 3 nitrogen and oxygen atoms in total. The van der Waals surface area contributed by atoms with Crippen molar-refractivity contribution in [3.8, 4) is 0 Å². The number of rotatable bonds is 4. The van der Waals surface area contributed by atoms with Gasteiger partial charge in [0.15, 0.2) is 0 Å². The largest absolute Gasteiger partial charge is 0.361 e. The zero-order valence-corrected chi connectivity index (χ0v) is 11.0. The van der Waals surface area contributed by atoms with Gasteiger partial charge in [-0.1, -0.05) is 37.5 Å². The monoisotopic (exact) mass is 281 g/mol. The molecule has 0 aromatic carbocycles. The van der Waals surface area contributed by atoms with E-state index < -0.39 is 18.0 Å². The predicted octanol–water partition coefficient (Wildman–Crippen LogP) is 2.47. The van der Waals surface area contributed by atoms with E-state index in [0.717, 1.165) is 0 Å². The average Bonchev–Trinajstić information content (AvgIpc) is 2.83. The number of nitrogens with zero attached hydrogens (tertiary/aromatic N) is 2. The van der Waals surface area contributed by atoms with E-state index in [-0.39, 0.29) is 12.1 Å². The molecular formula is C13H13F2N3S. The maximum absolute atomic E-state index is 13.6. The number of nitrogens with one attached hydrogen (secondary N) is 1. The highest BCUT2D eigenvalue weighted by atomic mass is 32.1. The summed E-state index contributed by atoms with van der Waals surface area (Å²) in [4.78, 5) is 4.29. The van der Waals surface area contributed by atoms with Crippen molar-refractivity contribution in [2.24, 2.45) is 0 Å². The number of alkyl halides is 1. The lowest BCUT2D eigenvalue weighted by Gasteiger charge is -2.39. The fourth-order valence-electron chi connectivity index (χ4n) is 2.18. The van der Waals surface area contributed by atoms with Crippen LogP contribution in [0.1, 0.15) is 5.69 Å². The third-order valence-electron chi connectivity index (χ3n) is 3.06. The van der Waals surface area contributed by atoms with E-state index in [2.05, 4.69) is 23.5 Å². The predicted molar refractivity (Wildman–Crippen MR) is 74.3 cm³/mol. The molecule has 0 spiro atoms. The molecular weight excluding hydrogens is 268 g/mol. The lowest BCUT2D eigenvalue weighted by atomic mass is 9.87. The van der Waals surface area contributed by atoms with Crippen molar-refractivity contribution in [1.82, 2.24) is 14.9 Å². The minimum atomic E-state index is -1.27. The molecule has 2 rings (SSSR count). The molecule has 0 saturated carbocycles. The Morgan fingerprint density at radius 1 is 1.68 bits per heavy atom. The second-order valence-electron chi connectivity index (χ2n) is 4.30. The van der Waals surface area contributed by atoms with Gasteiger partial charge in [-0.05, 0) is 0 Å². The highest BCUT2D eigenvalue weighted by Gasteiger charge is 2.41. The summed E-state index contributed by atoms with van der Waals surface area (Å²) in [7, 11) is 0. The highest BCUT2D eigenvalue weighted by molar-refractivity contribution is 7.80. The molecule has 0 fully saturated rings. The molecule has 1 aromatic heterocycles. The summed E-state index contributed by atoms with van der Waals surface area (Å²) in [6.45, 7) is 6.12. The molecule has 1 aliphatic heterocycles. The average molecular weight is 281 g/mol. The van der Waals surface area contributed by atoms with Crippen molar-refractivity contribution < 1.29 is 8.78 Å². The van der Waals surface area contributed by atoms with Gasteiger partial charge in [0.25, 0.3) is 0 Å². The fraction of sp³-hybridized carbons (Fsp3) is 0.231. The summed E-state index contributed by atoms with van der Waals surface area (Å²) in [5.41, 5.74) is -0.488. The van der Waals surface area contributed by atoms with Gasteiger partial charge in [-0.2, -0.15) is 0 Å². The standard InChI is InChI=1S/C13H13F2N3S/c1-3-4-10(9(2)15)13(6-14)7-18-8-16-5-11(18)12(19)17-13/h3-5,8H,1-2,6-7H2,(H,17,19)/b10-4+. The molecule has 19 heavy (non-hydrogen) atoms. The minimum Gasteiger partial charge on any atom is -0.361 e. The van der Waals surface area contributed by atoms with Gasteiger partial charge >= 0.3 is 0 Å². The van der Waals surface area contributed by atoms with Crippen LogP contribution in [-0.4, -0.2) is 26.8 Å². The molecule has 1 unspecified atom stereocenters. The van der Waals surface area contributed by atoms with E-state index in [9.17, 15) is 8.78 Å². The van der Waals surface area contributed by atoms with Gasteiger partial charge in [-0.25, -0.2) is 13.8 Å². The molecule has 0 aliphatic carbocycles. The van der Waals surface area contributed by atoms with Crippen LogP contribution in [-0.2, 0) is 6.54 Å². The lowest BCUT2D eigenvalue weighted by molar-refractivity contribution is 0.273. The summed E-state index contributed by atoms with van der Waals surface area (Å²) >= 11 is 5.18. The van der Waals surface area contributed by atoms with Crippen LogP contribution in [0.15, 0.2) is 49.2 Å². The Morgan fingerprint density at radius 3 is 3.00 bits per heavy atom. The summed E-state index contributed by atoms with van der Waals surface area (Å²) < 4.78 is 28.9. The summed E-state index contributed by atoms with van der Waals surface area (Å²) in [6, 6.07) is 0. The number of fused-ring (bicyclic) bond motifs is 1. The fourth-order valence-corrected chi connectivity index (χ4v) is 2.54. The first-order chi connectivity index (χ1) is 9.04. The first kappa shape index (κ1) is 13.6. The third-order valence-corrected chi connectivity index (χ3v) is 3.37. The summed E-state index contributed by atoms with van der Waals surface area (Å²) in [5, 5.41) is 2.87. The maximum atomic E-state index is 13.6. The molecule has 1 atom stereocenters. The van der Waals surface area contributed by atoms with Crippen molar-refractivity contribution in [3.63, 3.8) is 0 Å². The minimum absolute atomic E-state index is 0.103. The Kier molecular flexibility index (Phi) is 3.61.